The Hall–Kier alpha value is -1.50. The predicted molar refractivity (Wildman–Crippen MR) is 109 cm³/mol. The van der Waals surface area contributed by atoms with Crippen molar-refractivity contribution in [1.29, 1.82) is 0 Å². The number of amides is 1. The van der Waals surface area contributed by atoms with Crippen LogP contribution in [0.15, 0.2) is 54.6 Å². The van der Waals surface area contributed by atoms with Crippen LogP contribution >= 0.6 is 23.4 Å². The Morgan fingerprint density at radius 1 is 1.15 bits per heavy atom. The van der Waals surface area contributed by atoms with Gasteiger partial charge in [-0.05, 0) is 36.2 Å². The number of sulfone groups is 1. The van der Waals surface area contributed by atoms with E-state index in [0.29, 0.717) is 17.2 Å². The molecule has 1 aliphatic heterocycles. The van der Waals surface area contributed by atoms with E-state index in [9.17, 15) is 13.2 Å². The number of benzene rings is 2. The molecule has 0 saturated carbocycles. The standard InChI is InChI=1S/C19H20ClNO3S2/c20-16-6-4-5-15(11-16)12-25-13-19(22)21(17-7-2-1-3-8-17)18-9-10-26(23,24)14-18/h1-8,11,18H,9-10,12-14H2/t18-/m0/s1. The van der Waals surface area contributed by atoms with E-state index in [1.807, 2.05) is 54.6 Å². The Balaban J connectivity index is 1.69. The molecule has 1 fully saturated rings. The van der Waals surface area contributed by atoms with E-state index in [1.165, 1.54) is 11.8 Å². The average Bonchev–Trinajstić information content (AvgIpc) is 2.96. The summed E-state index contributed by atoms with van der Waals surface area (Å²) in [5.74, 6) is 1.08. The maximum atomic E-state index is 12.9. The second-order valence-corrected chi connectivity index (χ2v) is 9.93. The number of para-hydroxylation sites is 1. The molecule has 1 aliphatic rings. The highest BCUT2D eigenvalue weighted by Crippen LogP contribution is 2.26. The quantitative estimate of drug-likeness (QED) is 0.728. The number of rotatable bonds is 6. The molecule has 0 N–H and O–H groups in total. The SMILES string of the molecule is O=C(CSCc1cccc(Cl)c1)N(c1ccccc1)[C@H]1CCS(=O)(=O)C1. The Morgan fingerprint density at radius 2 is 1.92 bits per heavy atom. The summed E-state index contributed by atoms with van der Waals surface area (Å²) in [5.41, 5.74) is 1.81. The minimum absolute atomic E-state index is 0.0343. The topological polar surface area (TPSA) is 54.5 Å². The van der Waals surface area contributed by atoms with Gasteiger partial charge in [0.1, 0.15) is 0 Å². The number of halogens is 1. The van der Waals surface area contributed by atoms with E-state index in [0.717, 1.165) is 11.3 Å². The van der Waals surface area contributed by atoms with Crippen LogP contribution in [0.4, 0.5) is 5.69 Å². The van der Waals surface area contributed by atoms with Crippen LogP contribution in [-0.4, -0.2) is 37.6 Å². The van der Waals surface area contributed by atoms with Gasteiger partial charge in [0.05, 0.1) is 23.3 Å². The van der Waals surface area contributed by atoms with Gasteiger partial charge >= 0.3 is 0 Å². The van der Waals surface area contributed by atoms with Crippen LogP contribution in [0.5, 0.6) is 0 Å². The van der Waals surface area contributed by atoms with Crippen molar-refractivity contribution in [2.75, 3.05) is 22.2 Å². The van der Waals surface area contributed by atoms with E-state index >= 15 is 0 Å². The maximum absolute atomic E-state index is 12.9. The van der Waals surface area contributed by atoms with Gasteiger partial charge in [0.15, 0.2) is 9.84 Å². The Labute approximate surface area is 163 Å². The molecule has 3 rings (SSSR count). The minimum Gasteiger partial charge on any atom is -0.308 e. The van der Waals surface area contributed by atoms with Gasteiger partial charge in [-0.25, -0.2) is 8.42 Å². The fourth-order valence-electron chi connectivity index (χ4n) is 3.08. The monoisotopic (exact) mass is 409 g/mol. The van der Waals surface area contributed by atoms with Crippen LogP contribution < -0.4 is 4.90 Å². The molecule has 4 nitrogen and oxygen atoms in total. The second kappa shape index (κ2) is 8.46. The van der Waals surface area contributed by atoms with Crippen molar-refractivity contribution >= 4 is 44.8 Å². The lowest BCUT2D eigenvalue weighted by atomic mass is 10.2. The molecule has 1 amide bonds. The number of thioether (sulfide) groups is 1. The summed E-state index contributed by atoms with van der Waals surface area (Å²) in [7, 11) is -3.07. The van der Waals surface area contributed by atoms with Crippen LogP contribution in [-0.2, 0) is 20.4 Å². The van der Waals surface area contributed by atoms with Crippen molar-refractivity contribution in [2.24, 2.45) is 0 Å². The smallest absolute Gasteiger partial charge is 0.237 e. The first-order valence-electron chi connectivity index (χ1n) is 8.34. The van der Waals surface area contributed by atoms with Crippen LogP contribution in [0.25, 0.3) is 0 Å². The zero-order valence-corrected chi connectivity index (χ0v) is 16.6. The van der Waals surface area contributed by atoms with Crippen molar-refractivity contribution in [3.63, 3.8) is 0 Å². The highest BCUT2D eigenvalue weighted by molar-refractivity contribution is 7.99. The van der Waals surface area contributed by atoms with Crippen molar-refractivity contribution in [2.45, 2.75) is 18.2 Å². The van der Waals surface area contributed by atoms with Crippen LogP contribution in [0.3, 0.4) is 0 Å². The maximum Gasteiger partial charge on any atom is 0.237 e. The first kappa shape index (κ1) is 19.3. The second-order valence-electron chi connectivity index (χ2n) is 6.28. The molecule has 0 radical (unpaired) electrons. The molecule has 0 bridgehead atoms. The summed E-state index contributed by atoms with van der Waals surface area (Å²) in [6.07, 6.45) is 0.488. The van der Waals surface area contributed by atoms with E-state index in [2.05, 4.69) is 0 Å². The third-order valence-corrected chi connectivity index (χ3v) is 7.23. The first-order valence-corrected chi connectivity index (χ1v) is 11.7. The van der Waals surface area contributed by atoms with Gasteiger partial charge in [0.25, 0.3) is 0 Å². The summed E-state index contributed by atoms with van der Waals surface area (Å²) in [6, 6.07) is 16.6. The van der Waals surface area contributed by atoms with Crippen LogP contribution in [0.2, 0.25) is 5.02 Å². The van der Waals surface area contributed by atoms with Crippen LogP contribution in [0, 0.1) is 0 Å². The summed E-state index contributed by atoms with van der Waals surface area (Å²) in [4.78, 5) is 14.5. The molecular formula is C19H20ClNO3S2. The van der Waals surface area contributed by atoms with Crippen LogP contribution in [0.1, 0.15) is 12.0 Å². The molecule has 7 heteroatoms. The lowest BCUT2D eigenvalue weighted by Crippen LogP contribution is -2.42. The van der Waals surface area contributed by atoms with Crippen molar-refractivity contribution < 1.29 is 13.2 Å². The Kier molecular flexibility index (Phi) is 6.27. The van der Waals surface area contributed by atoms with Crippen molar-refractivity contribution in [1.82, 2.24) is 0 Å². The number of nitrogens with zero attached hydrogens (tertiary/aromatic N) is 1. The molecule has 2 aromatic carbocycles. The molecule has 0 aromatic heterocycles. The highest BCUT2D eigenvalue weighted by Gasteiger charge is 2.35. The van der Waals surface area contributed by atoms with Crippen molar-refractivity contribution in [3.8, 4) is 0 Å². The molecule has 0 spiro atoms. The van der Waals surface area contributed by atoms with Gasteiger partial charge in [-0.1, -0.05) is 41.9 Å². The van der Waals surface area contributed by atoms with E-state index in [-0.39, 0.29) is 29.2 Å². The average molecular weight is 410 g/mol. The minimum atomic E-state index is -3.07. The predicted octanol–water partition coefficient (Wildman–Crippen LogP) is 3.79. The molecule has 1 saturated heterocycles. The zero-order chi connectivity index (χ0) is 18.6. The summed E-state index contributed by atoms with van der Waals surface area (Å²) in [5, 5.41) is 0.677. The van der Waals surface area contributed by atoms with Gasteiger partial charge in [0, 0.05) is 16.5 Å². The normalized spacial score (nSPS) is 18.6. The molecule has 1 atom stereocenters. The summed E-state index contributed by atoms with van der Waals surface area (Å²) < 4.78 is 23.7. The first-order chi connectivity index (χ1) is 12.4. The van der Waals surface area contributed by atoms with Gasteiger partial charge in [0.2, 0.25) is 5.91 Å². The number of hydrogen-bond donors (Lipinski definition) is 0. The van der Waals surface area contributed by atoms with Gasteiger partial charge < -0.3 is 4.90 Å². The molecular weight excluding hydrogens is 390 g/mol. The molecule has 2 aromatic rings. The van der Waals surface area contributed by atoms with Gasteiger partial charge in [-0.3, -0.25) is 4.79 Å². The summed E-state index contributed by atoms with van der Waals surface area (Å²) in [6.45, 7) is 0. The van der Waals surface area contributed by atoms with E-state index < -0.39 is 9.84 Å². The largest absolute Gasteiger partial charge is 0.308 e. The highest BCUT2D eigenvalue weighted by atomic mass is 35.5. The van der Waals surface area contributed by atoms with E-state index in [1.54, 1.807) is 4.90 Å². The molecule has 26 heavy (non-hydrogen) atoms. The van der Waals surface area contributed by atoms with Gasteiger partial charge in [-0.15, -0.1) is 11.8 Å². The lowest BCUT2D eigenvalue weighted by Gasteiger charge is -2.28. The number of carbonyl (C=O) groups excluding carboxylic acids is 1. The third-order valence-electron chi connectivity index (χ3n) is 4.26. The fourth-order valence-corrected chi connectivity index (χ4v) is 5.82. The third kappa shape index (κ3) is 5.02. The molecule has 138 valence electrons. The molecule has 1 heterocycles. The Morgan fingerprint density at radius 3 is 2.58 bits per heavy atom. The molecule has 0 unspecified atom stereocenters. The van der Waals surface area contributed by atoms with E-state index in [4.69, 9.17) is 11.6 Å². The lowest BCUT2D eigenvalue weighted by molar-refractivity contribution is -0.116. The number of anilines is 1. The molecule has 0 aliphatic carbocycles. The number of carbonyl (C=O) groups is 1. The van der Waals surface area contributed by atoms with Gasteiger partial charge in [-0.2, -0.15) is 0 Å². The van der Waals surface area contributed by atoms with Crippen molar-refractivity contribution in [3.05, 3.63) is 65.2 Å². The fraction of sp³-hybridized carbons (Fsp3) is 0.316. The Bertz CT molecular complexity index is 871. The number of hydrogen-bond acceptors (Lipinski definition) is 4. The summed E-state index contributed by atoms with van der Waals surface area (Å²) >= 11 is 7.49. The zero-order valence-electron chi connectivity index (χ0n) is 14.2.